The topological polar surface area (TPSA) is 69.5 Å². The number of hydrogen-bond donors (Lipinski definition) is 0. The van der Waals surface area contributed by atoms with Gasteiger partial charge in [-0.25, -0.2) is 0 Å². The van der Waals surface area contributed by atoms with Gasteiger partial charge in [-0.05, 0) is 36.8 Å². The molecular weight excluding hydrogens is 460 g/mol. The number of ether oxygens (including phenoxy) is 2. The van der Waals surface area contributed by atoms with Crippen molar-refractivity contribution in [3.8, 4) is 28.6 Å². The largest absolute Gasteiger partial charge is 0.486 e. The Balaban J connectivity index is 1.32. The van der Waals surface area contributed by atoms with E-state index in [4.69, 9.17) is 9.47 Å². The van der Waals surface area contributed by atoms with E-state index in [1.807, 2.05) is 65.2 Å². The molecule has 2 heterocycles. The van der Waals surface area contributed by atoms with Crippen molar-refractivity contribution < 1.29 is 14.3 Å². The minimum absolute atomic E-state index is 0.00427. The molecule has 35 heavy (non-hydrogen) atoms. The number of fused-ring (bicyclic) bond motifs is 1. The Morgan fingerprint density at radius 3 is 2.49 bits per heavy atom. The van der Waals surface area contributed by atoms with Gasteiger partial charge in [-0.1, -0.05) is 65.9 Å². The third-order valence-corrected chi connectivity index (χ3v) is 6.65. The maximum absolute atomic E-state index is 13.0. The average Bonchev–Trinajstić information content (AvgIpc) is 3.32. The van der Waals surface area contributed by atoms with Crippen LogP contribution >= 0.6 is 11.8 Å². The summed E-state index contributed by atoms with van der Waals surface area (Å²) in [4.78, 5) is 14.7. The van der Waals surface area contributed by atoms with Crippen LogP contribution < -0.4 is 9.47 Å². The standard InChI is InChI=1S/C27H26N4O3S/c1-19-8-11-22(12-9-19)31-26(21-6-4-3-5-7-21)28-29-27(31)35-18-25(32)30(2)17-20-10-13-23-24(16-20)34-15-14-33-23/h3-13,16H,14-15,17-18H2,1-2H3. The van der Waals surface area contributed by atoms with Crippen molar-refractivity contribution in [2.75, 3.05) is 26.0 Å². The molecule has 0 aliphatic carbocycles. The maximum Gasteiger partial charge on any atom is 0.233 e. The van der Waals surface area contributed by atoms with Crippen molar-refractivity contribution in [2.24, 2.45) is 0 Å². The van der Waals surface area contributed by atoms with Gasteiger partial charge in [-0.2, -0.15) is 0 Å². The molecule has 1 aromatic heterocycles. The molecule has 5 rings (SSSR count). The first kappa shape index (κ1) is 23.0. The van der Waals surface area contributed by atoms with Gasteiger partial charge in [0.05, 0.1) is 5.75 Å². The van der Waals surface area contributed by atoms with Crippen molar-refractivity contribution in [1.29, 1.82) is 0 Å². The second-order valence-corrected chi connectivity index (χ2v) is 9.30. The lowest BCUT2D eigenvalue weighted by atomic mass is 10.2. The van der Waals surface area contributed by atoms with E-state index in [0.29, 0.717) is 24.9 Å². The summed E-state index contributed by atoms with van der Waals surface area (Å²) in [6.45, 7) is 3.63. The monoisotopic (exact) mass is 486 g/mol. The van der Waals surface area contributed by atoms with Crippen molar-refractivity contribution >= 4 is 17.7 Å². The SMILES string of the molecule is Cc1ccc(-n2c(SCC(=O)N(C)Cc3ccc4c(c3)OCCO4)nnc2-c2ccccc2)cc1. The van der Waals surface area contributed by atoms with E-state index >= 15 is 0 Å². The number of hydrogen-bond acceptors (Lipinski definition) is 6. The van der Waals surface area contributed by atoms with Crippen molar-refractivity contribution in [3.05, 3.63) is 83.9 Å². The molecule has 178 valence electrons. The number of rotatable bonds is 7. The molecular formula is C27H26N4O3S. The predicted octanol–water partition coefficient (Wildman–Crippen LogP) is 4.76. The van der Waals surface area contributed by atoms with E-state index < -0.39 is 0 Å². The van der Waals surface area contributed by atoms with Gasteiger partial charge in [0.15, 0.2) is 22.5 Å². The molecule has 0 bridgehead atoms. The van der Waals surface area contributed by atoms with Crippen LogP contribution in [0.4, 0.5) is 0 Å². The number of nitrogens with zero attached hydrogens (tertiary/aromatic N) is 4. The maximum atomic E-state index is 13.0. The molecule has 0 N–H and O–H groups in total. The highest BCUT2D eigenvalue weighted by atomic mass is 32.2. The van der Waals surface area contributed by atoms with Crippen LogP contribution in [0.25, 0.3) is 17.1 Å². The summed E-state index contributed by atoms with van der Waals surface area (Å²) >= 11 is 1.38. The molecule has 0 atom stereocenters. The van der Waals surface area contributed by atoms with Gasteiger partial charge in [-0.3, -0.25) is 9.36 Å². The van der Waals surface area contributed by atoms with Crippen LogP contribution in [0.1, 0.15) is 11.1 Å². The van der Waals surface area contributed by atoms with Gasteiger partial charge in [-0.15, -0.1) is 10.2 Å². The Hall–Kier alpha value is -3.78. The quantitative estimate of drug-likeness (QED) is 0.351. The smallest absolute Gasteiger partial charge is 0.233 e. The predicted molar refractivity (Wildman–Crippen MR) is 136 cm³/mol. The zero-order valence-electron chi connectivity index (χ0n) is 19.7. The molecule has 0 radical (unpaired) electrons. The third-order valence-electron chi connectivity index (χ3n) is 5.73. The molecule has 7 nitrogen and oxygen atoms in total. The first-order chi connectivity index (χ1) is 17.1. The van der Waals surface area contributed by atoms with Gasteiger partial charge in [0.2, 0.25) is 5.91 Å². The molecule has 8 heteroatoms. The highest BCUT2D eigenvalue weighted by Crippen LogP contribution is 2.31. The van der Waals surface area contributed by atoms with E-state index in [0.717, 1.165) is 34.1 Å². The van der Waals surface area contributed by atoms with Crippen LogP contribution in [-0.2, 0) is 11.3 Å². The molecule has 1 aliphatic heterocycles. The number of amides is 1. The highest BCUT2D eigenvalue weighted by Gasteiger charge is 2.19. The number of carbonyl (C=O) groups is 1. The number of thioether (sulfide) groups is 1. The lowest BCUT2D eigenvalue weighted by Crippen LogP contribution is -2.28. The first-order valence-electron chi connectivity index (χ1n) is 11.4. The summed E-state index contributed by atoms with van der Waals surface area (Å²) in [7, 11) is 1.81. The fourth-order valence-electron chi connectivity index (χ4n) is 3.85. The molecule has 0 saturated carbocycles. The molecule has 0 unspecified atom stereocenters. The summed E-state index contributed by atoms with van der Waals surface area (Å²) in [6, 6.07) is 24.0. The summed E-state index contributed by atoms with van der Waals surface area (Å²) in [6.07, 6.45) is 0. The number of aryl methyl sites for hydroxylation is 1. The summed E-state index contributed by atoms with van der Waals surface area (Å²) < 4.78 is 13.3. The minimum atomic E-state index is 0.00427. The second-order valence-electron chi connectivity index (χ2n) is 8.36. The first-order valence-corrected chi connectivity index (χ1v) is 12.4. The molecule has 0 fully saturated rings. The van der Waals surface area contributed by atoms with Gasteiger partial charge in [0.25, 0.3) is 0 Å². The van der Waals surface area contributed by atoms with Crippen LogP contribution in [0, 0.1) is 6.92 Å². The van der Waals surface area contributed by atoms with Crippen LogP contribution in [-0.4, -0.2) is 51.6 Å². The van der Waals surface area contributed by atoms with Crippen LogP contribution in [0.2, 0.25) is 0 Å². The Labute approximate surface area is 208 Å². The minimum Gasteiger partial charge on any atom is -0.486 e. The zero-order valence-corrected chi connectivity index (χ0v) is 20.5. The molecule has 0 saturated heterocycles. The molecule has 1 amide bonds. The number of benzene rings is 3. The van der Waals surface area contributed by atoms with Gasteiger partial charge in [0.1, 0.15) is 13.2 Å². The van der Waals surface area contributed by atoms with E-state index in [9.17, 15) is 4.79 Å². The number of aromatic nitrogens is 3. The Morgan fingerprint density at radius 1 is 0.971 bits per heavy atom. The normalized spacial score (nSPS) is 12.4. The molecule has 1 aliphatic rings. The van der Waals surface area contributed by atoms with E-state index in [2.05, 4.69) is 29.3 Å². The Kier molecular flexibility index (Phi) is 6.72. The van der Waals surface area contributed by atoms with E-state index in [1.165, 1.54) is 17.3 Å². The van der Waals surface area contributed by atoms with Gasteiger partial charge in [0, 0.05) is 24.8 Å². The van der Waals surface area contributed by atoms with E-state index in [1.54, 1.807) is 11.9 Å². The fourth-order valence-corrected chi connectivity index (χ4v) is 4.74. The van der Waals surface area contributed by atoms with Crippen molar-refractivity contribution in [1.82, 2.24) is 19.7 Å². The highest BCUT2D eigenvalue weighted by molar-refractivity contribution is 7.99. The van der Waals surface area contributed by atoms with Gasteiger partial charge >= 0.3 is 0 Å². The number of carbonyl (C=O) groups excluding carboxylic acids is 1. The molecule has 3 aromatic carbocycles. The summed E-state index contributed by atoms with van der Waals surface area (Å²) in [5.74, 6) is 2.47. The average molecular weight is 487 g/mol. The summed E-state index contributed by atoms with van der Waals surface area (Å²) in [5.41, 5.74) is 4.09. The Bertz CT molecular complexity index is 1320. The van der Waals surface area contributed by atoms with Crippen molar-refractivity contribution in [2.45, 2.75) is 18.6 Å². The Morgan fingerprint density at radius 2 is 1.71 bits per heavy atom. The van der Waals surface area contributed by atoms with Gasteiger partial charge < -0.3 is 14.4 Å². The van der Waals surface area contributed by atoms with Crippen LogP contribution in [0.3, 0.4) is 0 Å². The van der Waals surface area contributed by atoms with Crippen LogP contribution in [0.15, 0.2) is 78.0 Å². The summed E-state index contributed by atoms with van der Waals surface area (Å²) in [5, 5.41) is 9.56. The van der Waals surface area contributed by atoms with Crippen molar-refractivity contribution in [3.63, 3.8) is 0 Å². The van der Waals surface area contributed by atoms with Crippen LogP contribution in [0.5, 0.6) is 11.5 Å². The lowest BCUT2D eigenvalue weighted by molar-refractivity contribution is -0.127. The second kappa shape index (κ2) is 10.2. The molecule has 4 aromatic rings. The third kappa shape index (κ3) is 5.17. The van der Waals surface area contributed by atoms with E-state index in [-0.39, 0.29) is 11.7 Å². The zero-order chi connectivity index (χ0) is 24.2. The molecule has 0 spiro atoms. The fraction of sp³-hybridized carbons (Fsp3) is 0.222. The lowest BCUT2D eigenvalue weighted by Gasteiger charge is -2.21.